The van der Waals surface area contributed by atoms with Crippen LogP contribution >= 0.6 is 0 Å². The van der Waals surface area contributed by atoms with Crippen molar-refractivity contribution in [3.05, 3.63) is 35.9 Å². The van der Waals surface area contributed by atoms with E-state index in [0.717, 1.165) is 58.7 Å². The van der Waals surface area contributed by atoms with Gasteiger partial charge < -0.3 is 10.1 Å². The molecule has 1 atom stereocenters. The van der Waals surface area contributed by atoms with E-state index >= 15 is 0 Å². The van der Waals surface area contributed by atoms with Gasteiger partial charge in [0.05, 0.1) is 6.61 Å². The molecule has 1 amide bonds. The van der Waals surface area contributed by atoms with Crippen molar-refractivity contribution in [2.24, 2.45) is 11.8 Å². The lowest BCUT2D eigenvalue weighted by Crippen LogP contribution is -2.36. The first-order chi connectivity index (χ1) is 11.3. The minimum absolute atomic E-state index is 0.221. The van der Waals surface area contributed by atoms with Gasteiger partial charge in [0.1, 0.15) is 0 Å². The summed E-state index contributed by atoms with van der Waals surface area (Å²) in [4.78, 5) is 14.6. The van der Waals surface area contributed by atoms with Crippen LogP contribution in [0.2, 0.25) is 0 Å². The molecule has 4 nitrogen and oxygen atoms in total. The molecular weight excluding hydrogens is 288 g/mol. The van der Waals surface area contributed by atoms with Gasteiger partial charge in [-0.25, -0.2) is 0 Å². The van der Waals surface area contributed by atoms with Crippen molar-refractivity contribution in [2.75, 3.05) is 32.8 Å². The fourth-order valence-electron chi connectivity index (χ4n) is 3.53. The van der Waals surface area contributed by atoms with Crippen molar-refractivity contribution in [2.45, 2.75) is 32.2 Å². The van der Waals surface area contributed by atoms with Crippen LogP contribution in [0.4, 0.5) is 0 Å². The van der Waals surface area contributed by atoms with Crippen LogP contribution in [0.1, 0.15) is 31.2 Å². The normalized spacial score (nSPS) is 23.0. The van der Waals surface area contributed by atoms with E-state index in [1.807, 2.05) is 0 Å². The lowest BCUT2D eigenvalue weighted by Gasteiger charge is -2.31. The molecule has 1 N–H and O–H groups in total. The number of likely N-dealkylation sites (tertiary alicyclic amines) is 1. The Hall–Kier alpha value is -1.39. The fraction of sp³-hybridized carbons (Fsp3) is 0.632. The maximum Gasteiger partial charge on any atom is 0.220 e. The van der Waals surface area contributed by atoms with Gasteiger partial charge in [0.2, 0.25) is 5.91 Å². The summed E-state index contributed by atoms with van der Waals surface area (Å²) in [5.41, 5.74) is 1.38. The number of piperidine rings is 1. The molecule has 0 bridgehead atoms. The van der Waals surface area contributed by atoms with E-state index in [-0.39, 0.29) is 5.91 Å². The van der Waals surface area contributed by atoms with Gasteiger partial charge in [0.25, 0.3) is 0 Å². The molecule has 1 aromatic rings. The van der Waals surface area contributed by atoms with Crippen LogP contribution in [0, 0.1) is 11.8 Å². The third-order valence-electron chi connectivity index (χ3n) is 5.04. The quantitative estimate of drug-likeness (QED) is 0.876. The van der Waals surface area contributed by atoms with E-state index in [1.54, 1.807) is 0 Å². The van der Waals surface area contributed by atoms with E-state index in [0.29, 0.717) is 18.3 Å². The van der Waals surface area contributed by atoms with Gasteiger partial charge >= 0.3 is 0 Å². The molecular formula is C19H28N2O2. The van der Waals surface area contributed by atoms with Gasteiger partial charge in [0, 0.05) is 32.0 Å². The lowest BCUT2D eigenvalue weighted by atomic mass is 9.93. The second kappa shape index (κ2) is 8.46. The highest BCUT2D eigenvalue weighted by Crippen LogP contribution is 2.22. The molecule has 0 unspecified atom stereocenters. The summed E-state index contributed by atoms with van der Waals surface area (Å²) in [6, 6.07) is 10.6. The summed E-state index contributed by atoms with van der Waals surface area (Å²) < 4.78 is 5.34. The van der Waals surface area contributed by atoms with E-state index in [1.165, 1.54) is 5.56 Å². The van der Waals surface area contributed by atoms with E-state index in [2.05, 4.69) is 40.5 Å². The first-order valence-electron chi connectivity index (χ1n) is 8.90. The molecule has 126 valence electrons. The first kappa shape index (κ1) is 16.5. The zero-order valence-electron chi connectivity index (χ0n) is 13.9. The number of nitrogens with one attached hydrogen (secondary N) is 1. The summed E-state index contributed by atoms with van der Waals surface area (Å²) in [7, 11) is 0. The summed E-state index contributed by atoms with van der Waals surface area (Å²) >= 11 is 0. The zero-order valence-corrected chi connectivity index (χ0v) is 13.9. The molecule has 4 heteroatoms. The van der Waals surface area contributed by atoms with Crippen LogP contribution in [-0.4, -0.2) is 43.7 Å². The fourth-order valence-corrected chi connectivity index (χ4v) is 3.53. The Kier molecular flexibility index (Phi) is 6.06. The molecule has 1 aromatic carbocycles. The van der Waals surface area contributed by atoms with Crippen molar-refractivity contribution in [3.8, 4) is 0 Å². The highest BCUT2D eigenvalue weighted by Gasteiger charge is 2.22. The smallest absolute Gasteiger partial charge is 0.220 e. The number of benzene rings is 1. The van der Waals surface area contributed by atoms with Crippen molar-refractivity contribution < 1.29 is 9.53 Å². The number of carbonyl (C=O) groups is 1. The predicted molar refractivity (Wildman–Crippen MR) is 91.0 cm³/mol. The van der Waals surface area contributed by atoms with Gasteiger partial charge in [-0.3, -0.25) is 9.69 Å². The van der Waals surface area contributed by atoms with Crippen molar-refractivity contribution in [1.29, 1.82) is 0 Å². The average Bonchev–Trinajstić information content (AvgIpc) is 3.09. The number of nitrogens with zero attached hydrogens (tertiary/aromatic N) is 1. The molecule has 0 radical (unpaired) electrons. The second-order valence-corrected chi connectivity index (χ2v) is 6.94. The Morgan fingerprint density at radius 1 is 1.13 bits per heavy atom. The van der Waals surface area contributed by atoms with Crippen molar-refractivity contribution in [3.63, 3.8) is 0 Å². The molecule has 2 fully saturated rings. The molecule has 2 heterocycles. The highest BCUT2D eigenvalue weighted by molar-refractivity contribution is 5.76. The standard InChI is InChI=1S/C19H28N2O2/c22-19(20-13-18-8-11-23-15-18)12-16-6-9-21(10-7-16)14-17-4-2-1-3-5-17/h1-5,16,18H,6-15H2,(H,20,22)/t18-/m0/s1. The third kappa shape index (κ3) is 5.33. The lowest BCUT2D eigenvalue weighted by molar-refractivity contribution is -0.122. The van der Waals surface area contributed by atoms with Gasteiger partial charge in [-0.05, 0) is 43.8 Å². The van der Waals surface area contributed by atoms with Crippen molar-refractivity contribution >= 4 is 5.91 Å². The Morgan fingerprint density at radius 3 is 2.61 bits per heavy atom. The largest absolute Gasteiger partial charge is 0.381 e. The molecule has 2 aliphatic rings. The van der Waals surface area contributed by atoms with Crippen LogP contribution in [-0.2, 0) is 16.1 Å². The molecule has 23 heavy (non-hydrogen) atoms. The maximum atomic E-state index is 12.1. The van der Waals surface area contributed by atoms with Crippen LogP contribution < -0.4 is 5.32 Å². The molecule has 2 saturated heterocycles. The van der Waals surface area contributed by atoms with E-state index in [9.17, 15) is 4.79 Å². The van der Waals surface area contributed by atoms with Gasteiger partial charge in [-0.2, -0.15) is 0 Å². The molecule has 0 aliphatic carbocycles. The summed E-state index contributed by atoms with van der Waals surface area (Å²) in [6.07, 6.45) is 4.03. The topological polar surface area (TPSA) is 41.6 Å². The Balaban J connectivity index is 1.33. The number of amides is 1. The van der Waals surface area contributed by atoms with Gasteiger partial charge in [-0.15, -0.1) is 0 Å². The third-order valence-corrected chi connectivity index (χ3v) is 5.04. The Morgan fingerprint density at radius 2 is 1.91 bits per heavy atom. The molecule has 0 saturated carbocycles. The number of hydrogen-bond acceptors (Lipinski definition) is 3. The van der Waals surface area contributed by atoms with Crippen LogP contribution in [0.15, 0.2) is 30.3 Å². The molecule has 0 spiro atoms. The SMILES string of the molecule is O=C(CC1CCN(Cc2ccccc2)CC1)NC[C@@H]1CCOC1. The maximum absolute atomic E-state index is 12.1. The number of carbonyl (C=O) groups excluding carboxylic acids is 1. The molecule has 0 aromatic heterocycles. The average molecular weight is 316 g/mol. The van der Waals surface area contributed by atoms with Gasteiger partial charge in [0.15, 0.2) is 0 Å². The summed E-state index contributed by atoms with van der Waals surface area (Å²) in [5, 5.41) is 3.09. The van der Waals surface area contributed by atoms with E-state index in [4.69, 9.17) is 4.74 Å². The molecule has 3 rings (SSSR count). The predicted octanol–water partition coefficient (Wildman–Crippen LogP) is 2.44. The second-order valence-electron chi connectivity index (χ2n) is 6.94. The van der Waals surface area contributed by atoms with Crippen LogP contribution in [0.25, 0.3) is 0 Å². The monoisotopic (exact) mass is 316 g/mol. The van der Waals surface area contributed by atoms with Crippen LogP contribution in [0.5, 0.6) is 0 Å². The summed E-state index contributed by atoms with van der Waals surface area (Å²) in [5.74, 6) is 1.28. The molecule has 2 aliphatic heterocycles. The van der Waals surface area contributed by atoms with Gasteiger partial charge in [-0.1, -0.05) is 30.3 Å². The highest BCUT2D eigenvalue weighted by atomic mass is 16.5. The summed E-state index contributed by atoms with van der Waals surface area (Å²) in [6.45, 7) is 5.66. The zero-order chi connectivity index (χ0) is 15.9. The Bertz CT molecular complexity index is 477. The minimum atomic E-state index is 0.221. The Labute approximate surface area is 139 Å². The first-order valence-corrected chi connectivity index (χ1v) is 8.90. The minimum Gasteiger partial charge on any atom is -0.381 e. The number of hydrogen-bond donors (Lipinski definition) is 1. The van der Waals surface area contributed by atoms with E-state index < -0.39 is 0 Å². The number of ether oxygens (including phenoxy) is 1. The number of rotatable bonds is 6. The van der Waals surface area contributed by atoms with Crippen LogP contribution in [0.3, 0.4) is 0 Å². The van der Waals surface area contributed by atoms with Crippen molar-refractivity contribution in [1.82, 2.24) is 10.2 Å².